The average Bonchev–Trinajstić information content (AvgIpc) is 2.65. The van der Waals surface area contributed by atoms with Gasteiger partial charge in [-0.25, -0.2) is 9.18 Å². The predicted octanol–water partition coefficient (Wildman–Crippen LogP) is 3.23. The Morgan fingerprint density at radius 1 is 1.07 bits per heavy atom. The van der Waals surface area contributed by atoms with Gasteiger partial charge in [-0.1, -0.05) is 44.2 Å². The average molecular weight is 373 g/mol. The number of carbonyl (C=O) groups excluding carboxylic acids is 2. The Labute approximate surface area is 158 Å². The van der Waals surface area contributed by atoms with Gasteiger partial charge in [0.2, 0.25) is 0 Å². The smallest absolute Gasteiger partial charge is 0.344 e. The molecular weight excluding hydrogens is 349 g/mol. The van der Waals surface area contributed by atoms with E-state index in [-0.39, 0.29) is 24.9 Å². The third-order valence-corrected chi connectivity index (χ3v) is 3.90. The molecule has 0 radical (unpaired) electrons. The topological polar surface area (TPSA) is 64.6 Å². The van der Waals surface area contributed by atoms with E-state index in [1.807, 2.05) is 12.1 Å². The van der Waals surface area contributed by atoms with Crippen LogP contribution in [-0.4, -0.2) is 31.6 Å². The lowest BCUT2D eigenvalue weighted by atomic mass is 10.0. The van der Waals surface area contributed by atoms with Crippen LogP contribution < -0.4 is 10.1 Å². The van der Waals surface area contributed by atoms with Crippen LogP contribution in [0, 0.1) is 5.82 Å². The first kappa shape index (κ1) is 20.4. The van der Waals surface area contributed by atoms with Crippen molar-refractivity contribution in [1.29, 1.82) is 0 Å². The Morgan fingerprint density at radius 2 is 1.81 bits per heavy atom. The number of hydrogen-bond acceptors (Lipinski definition) is 4. The van der Waals surface area contributed by atoms with E-state index < -0.39 is 11.8 Å². The maximum absolute atomic E-state index is 13.0. The molecule has 2 aromatic rings. The minimum atomic E-state index is -0.696. The predicted molar refractivity (Wildman–Crippen MR) is 100 cm³/mol. The zero-order valence-corrected chi connectivity index (χ0v) is 15.5. The molecule has 144 valence electrons. The summed E-state index contributed by atoms with van der Waals surface area (Å²) in [5, 5.41) is 2.70. The van der Waals surface area contributed by atoms with Gasteiger partial charge in [0.05, 0.1) is 0 Å². The van der Waals surface area contributed by atoms with E-state index >= 15 is 0 Å². The number of amides is 1. The first-order valence-corrected chi connectivity index (χ1v) is 8.83. The van der Waals surface area contributed by atoms with E-state index in [0.717, 1.165) is 11.6 Å². The number of nitrogens with one attached hydrogen (secondary N) is 1. The molecular formula is C21H24FNO4. The van der Waals surface area contributed by atoms with Crippen molar-refractivity contribution < 1.29 is 23.5 Å². The van der Waals surface area contributed by atoms with Crippen LogP contribution in [0.1, 0.15) is 30.9 Å². The Bertz CT molecular complexity index is 759. The molecule has 0 aromatic heterocycles. The fraction of sp³-hybridized carbons (Fsp3) is 0.333. The molecule has 1 N–H and O–H groups in total. The summed E-state index contributed by atoms with van der Waals surface area (Å²) in [5.41, 5.74) is 2.40. The highest BCUT2D eigenvalue weighted by atomic mass is 19.1. The summed E-state index contributed by atoms with van der Waals surface area (Å²) in [6.45, 7) is 3.97. The minimum Gasteiger partial charge on any atom is -0.482 e. The molecule has 6 heteroatoms. The molecule has 5 nitrogen and oxygen atoms in total. The zero-order chi connectivity index (χ0) is 19.6. The number of benzene rings is 2. The molecule has 0 unspecified atom stereocenters. The van der Waals surface area contributed by atoms with Gasteiger partial charge in [-0.05, 0) is 35.6 Å². The Morgan fingerprint density at radius 3 is 2.48 bits per heavy atom. The van der Waals surface area contributed by atoms with E-state index in [4.69, 9.17) is 9.47 Å². The van der Waals surface area contributed by atoms with Crippen molar-refractivity contribution in [1.82, 2.24) is 5.32 Å². The van der Waals surface area contributed by atoms with Crippen molar-refractivity contribution in [3.63, 3.8) is 0 Å². The van der Waals surface area contributed by atoms with Crippen LogP contribution >= 0.6 is 0 Å². The molecule has 0 saturated carbocycles. The first-order valence-electron chi connectivity index (χ1n) is 8.83. The molecule has 2 aromatic carbocycles. The summed E-state index contributed by atoms with van der Waals surface area (Å²) < 4.78 is 22.9. The van der Waals surface area contributed by atoms with Crippen molar-refractivity contribution >= 4 is 11.9 Å². The third-order valence-electron chi connectivity index (χ3n) is 3.90. The molecule has 0 atom stereocenters. The number of ether oxygens (including phenoxy) is 2. The van der Waals surface area contributed by atoms with Crippen molar-refractivity contribution in [2.45, 2.75) is 26.2 Å². The van der Waals surface area contributed by atoms with E-state index in [1.165, 1.54) is 23.8 Å². The molecule has 0 aliphatic carbocycles. The second kappa shape index (κ2) is 10.3. The second-order valence-electron chi connectivity index (χ2n) is 6.40. The lowest BCUT2D eigenvalue weighted by Gasteiger charge is -2.09. The van der Waals surface area contributed by atoms with Gasteiger partial charge in [-0.2, -0.15) is 0 Å². The third kappa shape index (κ3) is 7.48. The lowest BCUT2D eigenvalue weighted by Crippen LogP contribution is -2.31. The maximum atomic E-state index is 13.0. The maximum Gasteiger partial charge on any atom is 0.344 e. The van der Waals surface area contributed by atoms with Crippen LogP contribution in [0.3, 0.4) is 0 Å². The number of esters is 1. The van der Waals surface area contributed by atoms with Gasteiger partial charge in [0.25, 0.3) is 5.91 Å². The molecule has 0 aliphatic rings. The number of rotatable bonds is 9. The van der Waals surface area contributed by atoms with Crippen LogP contribution in [0.4, 0.5) is 4.39 Å². The van der Waals surface area contributed by atoms with Crippen molar-refractivity contribution in [2.24, 2.45) is 0 Å². The molecule has 0 aliphatic heterocycles. The van der Waals surface area contributed by atoms with Gasteiger partial charge in [0, 0.05) is 12.6 Å². The van der Waals surface area contributed by atoms with Gasteiger partial charge < -0.3 is 14.8 Å². The summed E-state index contributed by atoms with van der Waals surface area (Å²) in [6.07, 6.45) is 0.695. The Balaban J connectivity index is 1.61. The van der Waals surface area contributed by atoms with Gasteiger partial charge in [-0.3, -0.25) is 4.79 Å². The second-order valence-corrected chi connectivity index (χ2v) is 6.40. The van der Waals surface area contributed by atoms with Crippen LogP contribution in [0.5, 0.6) is 5.75 Å². The molecule has 1 amide bonds. The van der Waals surface area contributed by atoms with Crippen LogP contribution in [0.25, 0.3) is 0 Å². The highest BCUT2D eigenvalue weighted by Gasteiger charge is 2.09. The van der Waals surface area contributed by atoms with E-state index in [1.54, 1.807) is 0 Å². The van der Waals surface area contributed by atoms with Gasteiger partial charge in [0.1, 0.15) is 11.6 Å². The van der Waals surface area contributed by atoms with Crippen LogP contribution in [0.15, 0.2) is 48.5 Å². The van der Waals surface area contributed by atoms with Crippen LogP contribution in [-0.2, 0) is 20.7 Å². The Kier molecular flexibility index (Phi) is 7.79. The molecule has 0 fully saturated rings. The summed E-state index contributed by atoms with van der Waals surface area (Å²) >= 11 is 0. The summed E-state index contributed by atoms with van der Waals surface area (Å²) in [4.78, 5) is 23.3. The van der Waals surface area contributed by atoms with E-state index in [9.17, 15) is 14.0 Å². The quantitative estimate of drug-likeness (QED) is 0.686. The van der Waals surface area contributed by atoms with Gasteiger partial charge >= 0.3 is 5.97 Å². The van der Waals surface area contributed by atoms with Crippen LogP contribution in [0.2, 0.25) is 0 Å². The fourth-order valence-corrected chi connectivity index (χ4v) is 2.35. The van der Waals surface area contributed by atoms with Gasteiger partial charge in [-0.15, -0.1) is 0 Å². The largest absolute Gasteiger partial charge is 0.482 e. The normalized spacial score (nSPS) is 10.5. The van der Waals surface area contributed by atoms with E-state index in [2.05, 4.69) is 31.3 Å². The summed E-state index contributed by atoms with van der Waals surface area (Å²) in [5.74, 6) is -0.830. The molecule has 0 heterocycles. The van der Waals surface area contributed by atoms with Gasteiger partial charge in [0.15, 0.2) is 13.2 Å². The minimum absolute atomic E-state index is 0.222. The summed E-state index contributed by atoms with van der Waals surface area (Å²) in [7, 11) is 0. The number of halogens is 1. The highest BCUT2D eigenvalue weighted by molar-refractivity contribution is 5.80. The van der Waals surface area contributed by atoms with E-state index in [0.29, 0.717) is 18.9 Å². The molecule has 27 heavy (non-hydrogen) atoms. The molecule has 0 bridgehead atoms. The number of hydrogen-bond donors (Lipinski definition) is 1. The van der Waals surface area contributed by atoms with Crippen molar-refractivity contribution in [2.75, 3.05) is 19.8 Å². The summed E-state index contributed by atoms with van der Waals surface area (Å²) in [6, 6.07) is 13.7. The zero-order valence-electron chi connectivity index (χ0n) is 15.5. The molecule has 0 saturated heterocycles. The Hall–Kier alpha value is -2.89. The highest BCUT2D eigenvalue weighted by Crippen LogP contribution is 2.14. The standard InChI is InChI=1S/C21H24FNO4/c1-15(2)17-8-6-16(7-9-17)10-11-23-20(24)13-27-21(25)14-26-19-5-3-4-18(22)12-19/h3-9,12,15H,10-11,13-14H2,1-2H3,(H,23,24). The van der Waals surface area contributed by atoms with Crippen molar-refractivity contribution in [3.8, 4) is 5.75 Å². The first-order chi connectivity index (χ1) is 12.9. The SMILES string of the molecule is CC(C)c1ccc(CCNC(=O)COC(=O)COc2cccc(F)c2)cc1. The monoisotopic (exact) mass is 373 g/mol. The number of carbonyl (C=O) groups is 2. The molecule has 2 rings (SSSR count). The van der Waals surface area contributed by atoms with Crippen molar-refractivity contribution in [3.05, 3.63) is 65.5 Å². The molecule has 0 spiro atoms. The fourth-order valence-electron chi connectivity index (χ4n) is 2.35. The lowest BCUT2D eigenvalue weighted by molar-refractivity contribution is -0.150.